The Bertz CT molecular complexity index is 1280. The molecule has 1 aliphatic rings. The summed E-state index contributed by atoms with van der Waals surface area (Å²) in [5.74, 6) is 0.445. The SMILES string of the molecule is CN1CCC(N(C)[S+]([O-])c2ccc(-c3cccc4sc(N)nc34)c(-c3nnn[nH]3)c2SN)C1. The second kappa shape index (κ2) is 9.18. The van der Waals surface area contributed by atoms with Gasteiger partial charge in [-0.25, -0.2) is 10.1 Å². The number of aromatic nitrogens is 5. The number of likely N-dealkylation sites (N-methyl/N-ethyl adjacent to an activating group) is 2. The molecule has 4 aromatic rings. The first-order chi connectivity index (χ1) is 16.0. The average molecular weight is 502 g/mol. The minimum Gasteiger partial charge on any atom is -0.593 e. The number of likely N-dealkylation sites (tertiary alicyclic amines) is 1. The van der Waals surface area contributed by atoms with Crippen molar-refractivity contribution in [1.82, 2.24) is 34.8 Å². The van der Waals surface area contributed by atoms with Crippen LogP contribution >= 0.6 is 23.3 Å². The van der Waals surface area contributed by atoms with Crippen LogP contribution in [0.2, 0.25) is 0 Å². The van der Waals surface area contributed by atoms with Crippen LogP contribution in [0.15, 0.2) is 40.1 Å². The van der Waals surface area contributed by atoms with E-state index in [1.165, 1.54) is 11.3 Å². The Hall–Kier alpha value is -2.26. The van der Waals surface area contributed by atoms with Gasteiger partial charge >= 0.3 is 0 Å². The molecule has 2 aromatic carbocycles. The van der Waals surface area contributed by atoms with E-state index >= 15 is 0 Å². The highest BCUT2D eigenvalue weighted by Crippen LogP contribution is 2.43. The Morgan fingerprint density at radius 2 is 2.15 bits per heavy atom. The van der Waals surface area contributed by atoms with Gasteiger partial charge in [-0.1, -0.05) is 23.5 Å². The van der Waals surface area contributed by atoms with Crippen molar-refractivity contribution in [1.29, 1.82) is 0 Å². The highest BCUT2D eigenvalue weighted by atomic mass is 32.2. The van der Waals surface area contributed by atoms with Crippen LogP contribution in [-0.2, 0) is 11.4 Å². The highest BCUT2D eigenvalue weighted by Gasteiger charge is 2.34. The van der Waals surface area contributed by atoms with Crippen LogP contribution in [0.3, 0.4) is 0 Å². The van der Waals surface area contributed by atoms with Gasteiger partial charge in [0.1, 0.15) is 0 Å². The lowest BCUT2D eigenvalue weighted by atomic mass is 9.98. The Morgan fingerprint density at radius 1 is 1.30 bits per heavy atom. The van der Waals surface area contributed by atoms with E-state index < -0.39 is 11.4 Å². The molecule has 2 aromatic heterocycles. The number of nitrogens with two attached hydrogens (primary N) is 2. The minimum atomic E-state index is -1.41. The molecule has 0 bridgehead atoms. The molecule has 0 amide bonds. The van der Waals surface area contributed by atoms with E-state index in [9.17, 15) is 4.55 Å². The molecule has 3 heterocycles. The van der Waals surface area contributed by atoms with Gasteiger partial charge in [0.25, 0.3) is 0 Å². The van der Waals surface area contributed by atoms with Crippen LogP contribution in [0.5, 0.6) is 0 Å². The summed E-state index contributed by atoms with van der Waals surface area (Å²) in [4.78, 5) is 8.06. The van der Waals surface area contributed by atoms with Crippen molar-refractivity contribution in [2.45, 2.75) is 22.3 Å². The van der Waals surface area contributed by atoms with Gasteiger partial charge in [-0.2, -0.15) is 0 Å². The molecule has 0 aliphatic carbocycles. The van der Waals surface area contributed by atoms with Crippen molar-refractivity contribution >= 4 is 50.0 Å². The molecule has 0 saturated carbocycles. The Balaban J connectivity index is 1.67. The summed E-state index contributed by atoms with van der Waals surface area (Å²) in [5.41, 5.74) is 9.19. The molecule has 172 valence electrons. The van der Waals surface area contributed by atoms with Crippen LogP contribution in [0.25, 0.3) is 32.7 Å². The number of tetrazole rings is 1. The number of nitrogen functional groups attached to an aromatic ring is 1. The van der Waals surface area contributed by atoms with E-state index in [0.29, 0.717) is 26.3 Å². The van der Waals surface area contributed by atoms with Crippen molar-refractivity contribution < 1.29 is 4.55 Å². The molecule has 2 unspecified atom stereocenters. The fourth-order valence-corrected chi connectivity index (χ4v) is 7.05. The molecule has 1 saturated heterocycles. The number of thiazole rings is 1. The summed E-state index contributed by atoms with van der Waals surface area (Å²) in [5, 5.41) is 21.2. The maximum atomic E-state index is 13.7. The first-order valence-electron chi connectivity index (χ1n) is 10.2. The number of aromatic amines is 1. The number of para-hydroxylation sites is 1. The molecule has 5 rings (SSSR count). The zero-order chi connectivity index (χ0) is 23.1. The van der Waals surface area contributed by atoms with Gasteiger partial charge in [0, 0.05) is 24.7 Å². The number of rotatable bonds is 6. The lowest BCUT2D eigenvalue weighted by molar-refractivity contribution is 0.345. The van der Waals surface area contributed by atoms with Gasteiger partial charge in [-0.15, -0.1) is 9.40 Å². The number of hydrogen-bond donors (Lipinski definition) is 3. The van der Waals surface area contributed by atoms with Crippen molar-refractivity contribution in [3.63, 3.8) is 0 Å². The monoisotopic (exact) mass is 501 g/mol. The Kier molecular flexibility index (Phi) is 6.26. The molecule has 33 heavy (non-hydrogen) atoms. The van der Waals surface area contributed by atoms with E-state index in [2.05, 4.69) is 37.6 Å². The predicted molar refractivity (Wildman–Crippen MR) is 133 cm³/mol. The number of anilines is 1. The van der Waals surface area contributed by atoms with Crippen LogP contribution in [0.1, 0.15) is 6.42 Å². The largest absolute Gasteiger partial charge is 0.593 e. The zero-order valence-electron chi connectivity index (χ0n) is 18.1. The predicted octanol–water partition coefficient (Wildman–Crippen LogP) is 2.35. The first-order valence-corrected chi connectivity index (χ1v) is 13.0. The van der Waals surface area contributed by atoms with Crippen molar-refractivity contribution in [3.05, 3.63) is 30.3 Å². The van der Waals surface area contributed by atoms with Crippen LogP contribution in [0.4, 0.5) is 5.13 Å². The van der Waals surface area contributed by atoms with Gasteiger partial charge in [-0.3, -0.25) is 5.14 Å². The summed E-state index contributed by atoms with van der Waals surface area (Å²) in [7, 11) is 3.97. The van der Waals surface area contributed by atoms with Gasteiger partial charge < -0.3 is 15.2 Å². The highest BCUT2D eigenvalue weighted by molar-refractivity contribution is 7.98. The fourth-order valence-electron chi connectivity index (χ4n) is 4.22. The van der Waals surface area contributed by atoms with Crippen LogP contribution in [0, 0.1) is 0 Å². The quantitative estimate of drug-likeness (QED) is 0.265. The zero-order valence-corrected chi connectivity index (χ0v) is 20.5. The van der Waals surface area contributed by atoms with Crippen molar-refractivity contribution in [2.75, 3.05) is 32.9 Å². The van der Waals surface area contributed by atoms with E-state index in [1.54, 1.807) is 0 Å². The molecule has 1 aliphatic heterocycles. The van der Waals surface area contributed by atoms with Crippen LogP contribution < -0.4 is 10.9 Å². The maximum Gasteiger partial charge on any atom is 0.189 e. The Morgan fingerprint density at radius 3 is 2.85 bits per heavy atom. The molecule has 2 atom stereocenters. The lowest BCUT2D eigenvalue weighted by Gasteiger charge is -2.27. The third-order valence-corrected chi connectivity index (χ3v) is 9.05. The van der Waals surface area contributed by atoms with Crippen molar-refractivity contribution in [2.24, 2.45) is 5.14 Å². The summed E-state index contributed by atoms with van der Waals surface area (Å²) < 4.78 is 16.6. The van der Waals surface area contributed by atoms with Crippen molar-refractivity contribution in [3.8, 4) is 22.5 Å². The average Bonchev–Trinajstić information content (AvgIpc) is 3.57. The van der Waals surface area contributed by atoms with E-state index in [4.69, 9.17) is 10.9 Å². The number of nitrogens with zero attached hydrogens (tertiary/aromatic N) is 6. The summed E-state index contributed by atoms with van der Waals surface area (Å²) >= 11 is 1.06. The summed E-state index contributed by atoms with van der Waals surface area (Å²) in [6, 6.07) is 9.93. The van der Waals surface area contributed by atoms with Gasteiger partial charge in [0.2, 0.25) is 0 Å². The van der Waals surface area contributed by atoms with Gasteiger partial charge in [-0.05, 0) is 66.2 Å². The van der Waals surface area contributed by atoms with E-state index in [1.807, 2.05) is 41.7 Å². The molecular formula is C20H23N9OS3. The number of H-pyrrole nitrogens is 1. The first kappa shape index (κ1) is 22.5. The smallest absolute Gasteiger partial charge is 0.189 e. The van der Waals surface area contributed by atoms with Gasteiger partial charge in [0.05, 0.1) is 32.5 Å². The molecule has 10 nitrogen and oxygen atoms in total. The maximum absolute atomic E-state index is 13.7. The number of hydrogen-bond acceptors (Lipinski definition) is 11. The summed E-state index contributed by atoms with van der Waals surface area (Å²) in [6.07, 6.45) is 0.966. The third kappa shape index (κ3) is 4.10. The fraction of sp³-hybridized carbons (Fsp3) is 0.300. The Labute approximate surface area is 202 Å². The number of fused-ring (bicyclic) bond motifs is 1. The molecule has 1 fully saturated rings. The lowest BCUT2D eigenvalue weighted by Crippen LogP contribution is -2.38. The minimum absolute atomic E-state index is 0.202. The second-order valence-corrected chi connectivity index (χ2v) is 11.1. The summed E-state index contributed by atoms with van der Waals surface area (Å²) in [6.45, 7) is 1.86. The molecule has 13 heteroatoms. The number of benzene rings is 2. The molecular weight excluding hydrogens is 478 g/mol. The normalized spacial score (nSPS) is 17.9. The van der Waals surface area contributed by atoms with Crippen LogP contribution in [-0.4, -0.2) is 72.6 Å². The molecule has 0 spiro atoms. The molecule has 0 radical (unpaired) electrons. The topological polar surface area (TPSA) is 149 Å². The van der Waals surface area contributed by atoms with E-state index in [-0.39, 0.29) is 6.04 Å². The standard InChI is InChI=1S/C20H23N9OS3/c1-28-9-8-11(10-28)29(2)33(30)15-7-6-12(16(18(15)32-22)19-24-26-27-25-19)13-4-3-5-14-17(13)23-20(21)31-14/h3-7,11H,8-10,22H2,1-2H3,(H2,21,23)(H,24,25,26,27). The third-order valence-electron chi connectivity index (χ3n) is 5.88. The number of nitrogens with one attached hydrogen (secondary N) is 1. The van der Waals surface area contributed by atoms with E-state index in [0.717, 1.165) is 52.8 Å². The van der Waals surface area contributed by atoms with Gasteiger partial charge in [0.15, 0.2) is 15.9 Å². The molecule has 5 N–H and O–H groups in total. The second-order valence-electron chi connectivity index (χ2n) is 7.89.